The molecule has 31 heteroatoms. The number of rotatable bonds is 35. The number of nitrogens with zero attached hydrogens (tertiary/aromatic N) is 5. The lowest BCUT2D eigenvalue weighted by Crippen LogP contribution is -2.58. The number of aliphatic imine (C=N–C) groups is 4. The Kier molecular flexibility index (Phi) is 27.6. The first kappa shape index (κ1) is 63.9. The molecule has 2 rings (SSSR count). The van der Waals surface area contributed by atoms with E-state index in [2.05, 4.69) is 56.6 Å². The van der Waals surface area contributed by atoms with Crippen LogP contribution in [0.15, 0.2) is 61.3 Å². The summed E-state index contributed by atoms with van der Waals surface area (Å²) in [4.78, 5) is 110. The number of sulfonamides is 1. The minimum absolute atomic E-state index is 0.0243. The van der Waals surface area contributed by atoms with Gasteiger partial charge in [0, 0.05) is 82.7 Å². The zero-order chi connectivity index (χ0) is 57.0. The lowest BCUT2D eigenvalue weighted by Gasteiger charge is -2.26. The van der Waals surface area contributed by atoms with Crippen LogP contribution in [0.1, 0.15) is 71.1 Å². The van der Waals surface area contributed by atoms with Crippen molar-refractivity contribution in [3.8, 4) is 0 Å². The van der Waals surface area contributed by atoms with E-state index < -0.39 is 81.6 Å². The summed E-state index contributed by atoms with van der Waals surface area (Å²) < 4.78 is 28.9. The molecular formula is C45H76N20O10S. The number of carbonyl (C=O) groups is 7. The molecule has 6 amide bonds. The maximum atomic E-state index is 14.1. The fraction of sp³-hybridized carbons (Fsp3) is 0.533. The Bertz CT molecular complexity index is 2530. The lowest BCUT2D eigenvalue weighted by atomic mass is 10.0. The van der Waals surface area contributed by atoms with Crippen LogP contribution in [0.25, 0.3) is 10.8 Å². The highest BCUT2D eigenvalue weighted by atomic mass is 32.2. The van der Waals surface area contributed by atoms with E-state index in [0.29, 0.717) is 5.39 Å². The molecule has 0 fully saturated rings. The second-order valence-corrected chi connectivity index (χ2v) is 19.2. The van der Waals surface area contributed by atoms with Crippen LogP contribution >= 0.6 is 0 Å². The van der Waals surface area contributed by atoms with Crippen molar-refractivity contribution in [2.24, 2.45) is 65.8 Å². The highest BCUT2D eigenvalue weighted by Crippen LogP contribution is 2.30. The second-order valence-electron chi connectivity index (χ2n) is 17.4. The number of fused-ring (bicyclic) bond motifs is 1. The summed E-state index contributed by atoms with van der Waals surface area (Å²) in [7, 11) is -0.321. The van der Waals surface area contributed by atoms with Gasteiger partial charge in [-0.25, -0.2) is 17.9 Å². The summed E-state index contributed by atoms with van der Waals surface area (Å²) in [6, 6.07) is 3.49. The average Bonchev–Trinajstić information content (AvgIpc) is 3.33. The third kappa shape index (κ3) is 24.2. The number of anilines is 1. The van der Waals surface area contributed by atoms with Gasteiger partial charge in [-0.1, -0.05) is 24.3 Å². The van der Waals surface area contributed by atoms with E-state index in [1.165, 1.54) is 13.0 Å². The summed E-state index contributed by atoms with van der Waals surface area (Å²) >= 11 is 0. The SMILES string of the molecule is C[C@H](NC(=O)CCNC(=O)CCNS(=O)(=O)c1cccc2c(N(C)C)cccc12)C(=O)N[C@@H](CCCN=C(N)N)C(=O)N[C@@H](CCCN=C(N)N)C(=O)N[C@@H](CCCN=C(N)N)C(=O)N[C@@H](CCCN=C(N)N)C(=O)O. The Hall–Kier alpha value is -8.22. The Balaban J connectivity index is 2.17. The van der Waals surface area contributed by atoms with Gasteiger partial charge in [0.25, 0.3) is 0 Å². The molecule has 0 radical (unpaired) electrons. The molecule has 0 saturated heterocycles. The largest absolute Gasteiger partial charge is 0.480 e. The van der Waals surface area contributed by atoms with Crippen molar-refractivity contribution < 1.29 is 47.1 Å². The summed E-state index contributed by atoms with van der Waals surface area (Å²) in [5.74, 6) is -6.89. The first-order valence-electron chi connectivity index (χ1n) is 24.2. The Labute approximate surface area is 440 Å². The number of benzene rings is 2. The first-order chi connectivity index (χ1) is 35.8. The molecule has 0 spiro atoms. The third-order valence-corrected chi connectivity index (χ3v) is 12.5. The van der Waals surface area contributed by atoms with Crippen LogP contribution in [-0.4, -0.2) is 162 Å². The van der Waals surface area contributed by atoms with Gasteiger partial charge >= 0.3 is 5.97 Å². The number of amides is 6. The van der Waals surface area contributed by atoms with E-state index in [-0.39, 0.29) is 132 Å². The average molecular weight is 1090 g/mol. The fourth-order valence-electron chi connectivity index (χ4n) is 7.24. The van der Waals surface area contributed by atoms with Crippen molar-refractivity contribution in [3.05, 3.63) is 36.4 Å². The number of nitrogens with two attached hydrogens (primary N) is 8. The number of nitrogens with one attached hydrogen (secondary N) is 7. The van der Waals surface area contributed by atoms with E-state index in [1.807, 2.05) is 31.1 Å². The van der Waals surface area contributed by atoms with Crippen LogP contribution in [0.4, 0.5) is 5.69 Å². The summed E-state index contributed by atoms with van der Waals surface area (Å²) in [6.45, 7) is 1.14. The predicted molar refractivity (Wildman–Crippen MR) is 288 cm³/mol. The minimum Gasteiger partial charge on any atom is -0.480 e. The van der Waals surface area contributed by atoms with E-state index in [1.54, 1.807) is 18.2 Å². The first-order valence-corrected chi connectivity index (χ1v) is 25.7. The zero-order valence-corrected chi connectivity index (χ0v) is 43.9. The summed E-state index contributed by atoms with van der Waals surface area (Å²) in [5.41, 5.74) is 44.3. The van der Waals surface area contributed by atoms with Crippen molar-refractivity contribution >= 4 is 91.7 Å². The standard InChI is InChI=1S/C45H76N20O10S/c1-26(60-36(67)18-24-54-35(66)19-25-59-76(74,75)34-17-5-10-27-28(34)11-4-16-33(27)65(2)3)37(68)61-29(12-6-20-55-42(46)47)38(69)62-30(13-7-21-56-43(48)49)39(70)63-31(14-8-22-57-44(50)51)40(71)64-32(41(72)73)15-9-23-58-45(52)53/h4-5,10-11,16-17,26,29-32,59H,6-9,12-15,18-25H2,1-3H3,(H,54,66)(H,60,67)(H,61,68)(H,62,69)(H,63,70)(H,64,71)(H,72,73)(H4,46,47,55)(H4,48,49,56)(H4,50,51,57)(H4,52,53,58)/t26-,29-,30-,31-,32-/m0/s1. The molecule has 0 saturated carbocycles. The Morgan fingerprint density at radius 1 is 0.539 bits per heavy atom. The highest BCUT2D eigenvalue weighted by Gasteiger charge is 2.32. The summed E-state index contributed by atoms with van der Waals surface area (Å²) in [5, 5.41) is 26.3. The van der Waals surface area contributed by atoms with Gasteiger partial charge in [-0.05, 0) is 70.4 Å². The Morgan fingerprint density at radius 2 is 0.934 bits per heavy atom. The molecule has 76 heavy (non-hydrogen) atoms. The molecule has 24 N–H and O–H groups in total. The van der Waals surface area contributed by atoms with Gasteiger partial charge in [0.1, 0.15) is 30.2 Å². The van der Waals surface area contributed by atoms with E-state index in [0.717, 1.165) is 11.1 Å². The molecule has 0 aliphatic carbocycles. The third-order valence-electron chi connectivity index (χ3n) is 11.0. The number of carbonyl (C=O) groups excluding carboxylic acids is 6. The van der Waals surface area contributed by atoms with Crippen LogP contribution in [-0.2, 0) is 43.6 Å². The molecule has 422 valence electrons. The van der Waals surface area contributed by atoms with Gasteiger partial charge in [-0.3, -0.25) is 48.7 Å². The van der Waals surface area contributed by atoms with Crippen LogP contribution in [0, 0.1) is 0 Å². The van der Waals surface area contributed by atoms with Crippen LogP contribution < -0.4 is 87.4 Å². The molecule has 5 atom stereocenters. The predicted octanol–water partition coefficient (Wildman–Crippen LogP) is -5.18. The van der Waals surface area contributed by atoms with Gasteiger partial charge < -0.3 is 87.8 Å². The molecule has 0 aliphatic heterocycles. The molecule has 2 aromatic rings. The van der Waals surface area contributed by atoms with Crippen LogP contribution in [0.3, 0.4) is 0 Å². The molecule has 0 unspecified atom stereocenters. The van der Waals surface area contributed by atoms with E-state index >= 15 is 0 Å². The lowest BCUT2D eigenvalue weighted by molar-refractivity contribution is -0.142. The number of hydrogen-bond donors (Lipinski definition) is 16. The van der Waals surface area contributed by atoms with Crippen molar-refractivity contribution in [1.82, 2.24) is 36.6 Å². The number of carboxylic acids is 1. The second kappa shape index (κ2) is 32.9. The van der Waals surface area contributed by atoms with Crippen LogP contribution in [0.2, 0.25) is 0 Å². The molecule has 30 nitrogen and oxygen atoms in total. The highest BCUT2D eigenvalue weighted by molar-refractivity contribution is 7.89. The topological polar surface area (TPSA) is 519 Å². The van der Waals surface area contributed by atoms with E-state index in [4.69, 9.17) is 45.9 Å². The minimum atomic E-state index is -4.01. The molecule has 0 heterocycles. The van der Waals surface area contributed by atoms with Gasteiger partial charge in [-0.15, -0.1) is 0 Å². The maximum Gasteiger partial charge on any atom is 0.326 e. The number of guanidine groups is 4. The van der Waals surface area contributed by atoms with Gasteiger partial charge in [-0.2, -0.15) is 0 Å². The quantitative estimate of drug-likeness (QED) is 0.0174. The maximum absolute atomic E-state index is 14.1. The van der Waals surface area contributed by atoms with Crippen molar-refractivity contribution in [3.63, 3.8) is 0 Å². The Morgan fingerprint density at radius 3 is 1.37 bits per heavy atom. The van der Waals surface area contributed by atoms with Crippen molar-refractivity contribution in [2.45, 2.75) is 106 Å². The zero-order valence-electron chi connectivity index (χ0n) is 43.0. The number of hydrogen-bond acceptors (Lipinski definition) is 14. The smallest absolute Gasteiger partial charge is 0.326 e. The van der Waals surface area contributed by atoms with Gasteiger partial charge in [0.2, 0.25) is 45.5 Å². The van der Waals surface area contributed by atoms with Gasteiger partial charge in [0.15, 0.2) is 23.8 Å². The molecule has 0 bridgehead atoms. The number of carboxylic acid groups (broad SMARTS) is 1. The van der Waals surface area contributed by atoms with Crippen LogP contribution in [0.5, 0.6) is 0 Å². The van der Waals surface area contributed by atoms with E-state index in [9.17, 15) is 47.1 Å². The van der Waals surface area contributed by atoms with Crippen molar-refractivity contribution in [2.75, 3.05) is 58.3 Å². The summed E-state index contributed by atoms with van der Waals surface area (Å²) in [6.07, 6.45) is -0.255. The molecule has 0 aromatic heterocycles. The number of aliphatic carboxylic acids is 1. The normalized spacial score (nSPS) is 12.9. The fourth-order valence-corrected chi connectivity index (χ4v) is 8.49. The van der Waals surface area contributed by atoms with Crippen molar-refractivity contribution in [1.29, 1.82) is 0 Å². The monoisotopic (exact) mass is 1090 g/mol. The molecule has 0 aliphatic rings. The molecular weight excluding hydrogens is 1010 g/mol. The molecule has 2 aromatic carbocycles. The van der Waals surface area contributed by atoms with Gasteiger partial charge in [0.05, 0.1) is 4.90 Å².